The Kier molecular flexibility index (Phi) is 12.9. The maximum Gasteiger partial charge on any atom is 0.326 e. The van der Waals surface area contributed by atoms with E-state index < -0.39 is 72.6 Å². The van der Waals surface area contributed by atoms with Crippen LogP contribution in [0.4, 0.5) is 0 Å². The molecule has 4 amide bonds. The summed E-state index contributed by atoms with van der Waals surface area (Å²) in [5.41, 5.74) is 10.7. The van der Waals surface area contributed by atoms with Crippen LogP contribution < -0.4 is 27.4 Å². The summed E-state index contributed by atoms with van der Waals surface area (Å²) in [5, 5.41) is 24.7. The monoisotopic (exact) mass is 463 g/mol. The van der Waals surface area contributed by atoms with Gasteiger partial charge in [-0.25, -0.2) is 4.79 Å². The Balaban J connectivity index is 5.15. The number of rotatable bonds is 15. The van der Waals surface area contributed by atoms with Gasteiger partial charge in [0.15, 0.2) is 0 Å². The van der Waals surface area contributed by atoms with Crippen molar-refractivity contribution in [3.63, 3.8) is 0 Å². The van der Waals surface area contributed by atoms with E-state index in [1.807, 2.05) is 11.6 Å². The SMILES string of the molecule is CSCCC(N)C(=O)NC(C)C(=O)NC(CCC(=O)O)C(=O)NC(CC(N)=O)C(=O)O. The topological polar surface area (TPSA) is 231 Å². The van der Waals surface area contributed by atoms with Crippen molar-refractivity contribution in [2.45, 2.75) is 56.8 Å². The molecule has 0 aliphatic heterocycles. The van der Waals surface area contributed by atoms with Crippen LogP contribution in [0.1, 0.15) is 32.6 Å². The lowest BCUT2D eigenvalue weighted by Crippen LogP contribution is -2.56. The number of nitrogens with two attached hydrogens (primary N) is 2. The quantitative estimate of drug-likeness (QED) is 0.133. The number of nitrogens with one attached hydrogen (secondary N) is 3. The van der Waals surface area contributed by atoms with Crippen LogP contribution in [-0.2, 0) is 28.8 Å². The van der Waals surface area contributed by atoms with Crippen molar-refractivity contribution in [3.05, 3.63) is 0 Å². The molecular weight excluding hydrogens is 434 g/mol. The Bertz CT molecular complexity index is 689. The summed E-state index contributed by atoms with van der Waals surface area (Å²) in [5.74, 6) is -5.52. The molecule has 9 N–H and O–H groups in total. The molecule has 4 atom stereocenters. The number of carbonyl (C=O) groups is 6. The van der Waals surface area contributed by atoms with Crippen molar-refractivity contribution in [1.29, 1.82) is 0 Å². The van der Waals surface area contributed by atoms with Gasteiger partial charge in [0.2, 0.25) is 23.6 Å². The number of hydrogen-bond donors (Lipinski definition) is 7. The summed E-state index contributed by atoms with van der Waals surface area (Å²) >= 11 is 1.50. The summed E-state index contributed by atoms with van der Waals surface area (Å²) in [7, 11) is 0. The standard InChI is InChI=1S/C17H29N5O8S/c1-8(20-15(27)9(18)5-6-31-2)14(26)21-10(3-4-13(24)25)16(28)22-11(17(29)30)7-12(19)23/h8-11H,3-7,18H2,1-2H3,(H2,19,23)(H,20,27)(H,21,26)(H,22,28)(H,24,25)(H,29,30). The van der Waals surface area contributed by atoms with Gasteiger partial charge in [-0.3, -0.25) is 24.0 Å². The maximum absolute atomic E-state index is 12.4. The molecule has 0 aliphatic carbocycles. The lowest BCUT2D eigenvalue weighted by atomic mass is 10.1. The molecule has 0 saturated heterocycles. The minimum Gasteiger partial charge on any atom is -0.481 e. The Hall–Kier alpha value is -2.87. The molecule has 14 heteroatoms. The summed E-state index contributed by atoms with van der Waals surface area (Å²) in [4.78, 5) is 69.8. The number of carbonyl (C=O) groups excluding carboxylic acids is 4. The highest BCUT2D eigenvalue weighted by atomic mass is 32.2. The Morgan fingerprint density at radius 2 is 1.48 bits per heavy atom. The molecule has 0 aromatic heterocycles. The van der Waals surface area contributed by atoms with Crippen molar-refractivity contribution >= 4 is 47.3 Å². The minimum absolute atomic E-state index is 0.357. The first-order chi connectivity index (χ1) is 14.4. The lowest BCUT2D eigenvalue weighted by molar-refractivity contribution is -0.144. The Labute approximate surface area is 183 Å². The van der Waals surface area contributed by atoms with Gasteiger partial charge in [0.1, 0.15) is 18.1 Å². The zero-order valence-corrected chi connectivity index (χ0v) is 18.1. The first-order valence-electron chi connectivity index (χ1n) is 9.27. The largest absolute Gasteiger partial charge is 0.481 e. The molecule has 0 aromatic carbocycles. The van der Waals surface area contributed by atoms with Gasteiger partial charge in [0.25, 0.3) is 0 Å². The first-order valence-corrected chi connectivity index (χ1v) is 10.7. The average molecular weight is 464 g/mol. The van der Waals surface area contributed by atoms with Crippen LogP contribution in [-0.4, -0.2) is 82.0 Å². The molecule has 0 aromatic rings. The van der Waals surface area contributed by atoms with E-state index in [1.165, 1.54) is 18.7 Å². The van der Waals surface area contributed by atoms with E-state index in [-0.39, 0.29) is 6.42 Å². The number of carboxylic acids is 2. The molecule has 0 radical (unpaired) electrons. The van der Waals surface area contributed by atoms with Gasteiger partial charge in [0, 0.05) is 6.42 Å². The molecule has 4 unspecified atom stereocenters. The second-order valence-electron chi connectivity index (χ2n) is 6.68. The second-order valence-corrected chi connectivity index (χ2v) is 7.67. The molecule has 13 nitrogen and oxygen atoms in total. The van der Waals surface area contributed by atoms with E-state index in [0.29, 0.717) is 12.2 Å². The molecule has 0 fully saturated rings. The van der Waals surface area contributed by atoms with E-state index in [4.69, 9.17) is 21.7 Å². The molecule has 0 bridgehead atoms. The van der Waals surface area contributed by atoms with Crippen molar-refractivity contribution in [2.24, 2.45) is 11.5 Å². The molecule has 0 aliphatic rings. The summed E-state index contributed by atoms with van der Waals surface area (Å²) in [6, 6.07) is -5.02. The fourth-order valence-electron chi connectivity index (χ4n) is 2.27. The van der Waals surface area contributed by atoms with Gasteiger partial charge in [0.05, 0.1) is 12.5 Å². The van der Waals surface area contributed by atoms with Crippen molar-refractivity contribution in [3.8, 4) is 0 Å². The van der Waals surface area contributed by atoms with E-state index >= 15 is 0 Å². The number of carboxylic acid groups (broad SMARTS) is 2. The van der Waals surface area contributed by atoms with Crippen LogP contribution >= 0.6 is 11.8 Å². The third kappa shape index (κ3) is 11.8. The van der Waals surface area contributed by atoms with E-state index in [1.54, 1.807) is 0 Å². The summed E-state index contributed by atoms with van der Waals surface area (Å²) < 4.78 is 0. The molecule has 31 heavy (non-hydrogen) atoms. The van der Waals surface area contributed by atoms with E-state index in [0.717, 1.165) is 0 Å². The zero-order valence-electron chi connectivity index (χ0n) is 17.3. The van der Waals surface area contributed by atoms with Gasteiger partial charge in [-0.15, -0.1) is 0 Å². The third-order valence-electron chi connectivity index (χ3n) is 4.02. The molecule has 0 rings (SSSR count). The molecule has 0 saturated carbocycles. The van der Waals surface area contributed by atoms with Crippen LogP contribution in [0.5, 0.6) is 0 Å². The predicted octanol–water partition coefficient (Wildman–Crippen LogP) is -2.63. The molecule has 0 heterocycles. The predicted molar refractivity (Wildman–Crippen MR) is 111 cm³/mol. The number of amides is 4. The van der Waals surface area contributed by atoms with E-state index in [2.05, 4.69) is 10.6 Å². The fraction of sp³-hybridized carbons (Fsp3) is 0.647. The smallest absolute Gasteiger partial charge is 0.326 e. The van der Waals surface area contributed by atoms with Crippen LogP contribution in [0.3, 0.4) is 0 Å². The fourth-order valence-corrected chi connectivity index (χ4v) is 2.76. The highest BCUT2D eigenvalue weighted by Crippen LogP contribution is 2.03. The lowest BCUT2D eigenvalue weighted by Gasteiger charge is -2.23. The van der Waals surface area contributed by atoms with Gasteiger partial charge >= 0.3 is 11.9 Å². The van der Waals surface area contributed by atoms with E-state index in [9.17, 15) is 28.8 Å². The maximum atomic E-state index is 12.4. The van der Waals surface area contributed by atoms with Crippen molar-refractivity contribution in [1.82, 2.24) is 16.0 Å². The normalized spacial score (nSPS) is 14.4. The van der Waals surface area contributed by atoms with Crippen LogP contribution in [0.25, 0.3) is 0 Å². The van der Waals surface area contributed by atoms with Gasteiger partial charge in [-0.05, 0) is 31.8 Å². The van der Waals surface area contributed by atoms with Crippen LogP contribution in [0, 0.1) is 0 Å². The summed E-state index contributed by atoms with van der Waals surface area (Å²) in [6.45, 7) is 1.34. The first kappa shape index (κ1) is 28.1. The number of primary amides is 1. The van der Waals surface area contributed by atoms with Gasteiger partial charge in [-0.2, -0.15) is 11.8 Å². The molecule has 176 valence electrons. The third-order valence-corrected chi connectivity index (χ3v) is 4.67. The zero-order chi connectivity index (χ0) is 24.1. The minimum atomic E-state index is -1.65. The van der Waals surface area contributed by atoms with Crippen LogP contribution in [0.15, 0.2) is 0 Å². The Morgan fingerprint density at radius 3 is 1.97 bits per heavy atom. The molecule has 0 spiro atoms. The van der Waals surface area contributed by atoms with Gasteiger partial charge < -0.3 is 37.6 Å². The highest BCUT2D eigenvalue weighted by molar-refractivity contribution is 7.98. The second kappa shape index (κ2) is 14.2. The van der Waals surface area contributed by atoms with Crippen molar-refractivity contribution in [2.75, 3.05) is 12.0 Å². The van der Waals surface area contributed by atoms with Gasteiger partial charge in [-0.1, -0.05) is 0 Å². The van der Waals surface area contributed by atoms with Crippen molar-refractivity contribution < 1.29 is 39.0 Å². The number of thioether (sulfide) groups is 1. The Morgan fingerprint density at radius 1 is 0.903 bits per heavy atom. The number of hydrogen-bond acceptors (Lipinski definition) is 8. The molecular formula is C17H29N5O8S. The number of aliphatic carboxylic acids is 2. The highest BCUT2D eigenvalue weighted by Gasteiger charge is 2.29. The summed E-state index contributed by atoms with van der Waals surface area (Å²) in [6.07, 6.45) is 0.680. The van der Waals surface area contributed by atoms with Crippen LogP contribution in [0.2, 0.25) is 0 Å². The average Bonchev–Trinajstić information content (AvgIpc) is 2.67.